The lowest BCUT2D eigenvalue weighted by Gasteiger charge is -2.14. The summed E-state index contributed by atoms with van der Waals surface area (Å²) in [7, 11) is 0. The van der Waals surface area contributed by atoms with E-state index in [0.717, 1.165) is 28.6 Å². The number of nitrogens with zero attached hydrogens (tertiary/aromatic N) is 2. The van der Waals surface area contributed by atoms with E-state index in [4.69, 9.17) is 22.3 Å². The fourth-order valence-electron chi connectivity index (χ4n) is 2.72. The van der Waals surface area contributed by atoms with Crippen molar-refractivity contribution >= 4 is 33.3 Å². The van der Waals surface area contributed by atoms with Crippen LogP contribution in [0.4, 0.5) is 5.82 Å². The van der Waals surface area contributed by atoms with E-state index in [9.17, 15) is 0 Å². The van der Waals surface area contributed by atoms with Crippen LogP contribution in [0.3, 0.4) is 0 Å². The molecule has 20 heavy (non-hydrogen) atoms. The van der Waals surface area contributed by atoms with Gasteiger partial charge in [0, 0.05) is 11.5 Å². The molecular weight excluding hydrogens is 338 g/mol. The summed E-state index contributed by atoms with van der Waals surface area (Å²) in [6.45, 7) is 0. The fraction of sp³-hybridized carbons (Fsp3) is 0.333. The second-order valence-electron chi connectivity index (χ2n) is 5.09. The van der Waals surface area contributed by atoms with Crippen molar-refractivity contribution in [1.29, 1.82) is 0 Å². The standard InChI is InChI=1S/C15H15BrClN3/c16-12-13(9-5-1-2-6-9)19-15(20-14(12)18)10-7-3-4-8-11(10)17/h3-4,7-9H,1-2,5-6H2,(H2,18,19,20). The van der Waals surface area contributed by atoms with Crippen LogP contribution < -0.4 is 5.73 Å². The molecular formula is C15H15BrClN3. The second-order valence-corrected chi connectivity index (χ2v) is 6.29. The maximum atomic E-state index is 6.23. The lowest BCUT2D eigenvalue weighted by atomic mass is 10.0. The first-order chi connectivity index (χ1) is 9.66. The van der Waals surface area contributed by atoms with E-state index in [0.29, 0.717) is 22.6 Å². The van der Waals surface area contributed by atoms with Crippen molar-refractivity contribution in [2.24, 2.45) is 0 Å². The molecule has 0 saturated heterocycles. The van der Waals surface area contributed by atoms with Gasteiger partial charge in [-0.25, -0.2) is 9.97 Å². The maximum absolute atomic E-state index is 6.23. The molecule has 2 aromatic rings. The van der Waals surface area contributed by atoms with E-state index in [1.165, 1.54) is 12.8 Å². The Balaban J connectivity index is 2.11. The molecule has 1 aliphatic carbocycles. The van der Waals surface area contributed by atoms with Gasteiger partial charge in [-0.1, -0.05) is 36.6 Å². The zero-order valence-electron chi connectivity index (χ0n) is 10.9. The minimum Gasteiger partial charge on any atom is -0.383 e. The second kappa shape index (κ2) is 5.70. The van der Waals surface area contributed by atoms with Gasteiger partial charge in [0.25, 0.3) is 0 Å². The minimum atomic E-state index is 0.468. The average Bonchev–Trinajstić information content (AvgIpc) is 2.96. The van der Waals surface area contributed by atoms with Gasteiger partial charge < -0.3 is 5.73 Å². The maximum Gasteiger partial charge on any atom is 0.163 e. The van der Waals surface area contributed by atoms with Crippen molar-refractivity contribution in [3.63, 3.8) is 0 Å². The van der Waals surface area contributed by atoms with Gasteiger partial charge in [0.1, 0.15) is 5.82 Å². The number of hydrogen-bond donors (Lipinski definition) is 1. The SMILES string of the molecule is Nc1nc(-c2ccccc2Cl)nc(C2CCCC2)c1Br. The molecule has 2 N–H and O–H groups in total. The number of rotatable bonds is 2. The monoisotopic (exact) mass is 351 g/mol. The number of nitrogens with two attached hydrogens (primary N) is 1. The van der Waals surface area contributed by atoms with Crippen LogP contribution in [0.25, 0.3) is 11.4 Å². The van der Waals surface area contributed by atoms with Crippen LogP contribution in [-0.2, 0) is 0 Å². The molecule has 0 spiro atoms. The molecule has 0 amide bonds. The van der Waals surface area contributed by atoms with Crippen molar-refractivity contribution < 1.29 is 0 Å². The van der Waals surface area contributed by atoms with Gasteiger partial charge in [-0.3, -0.25) is 0 Å². The third kappa shape index (κ3) is 2.54. The first-order valence-corrected chi connectivity index (χ1v) is 7.91. The summed E-state index contributed by atoms with van der Waals surface area (Å²) < 4.78 is 0.834. The molecule has 1 aliphatic rings. The molecule has 104 valence electrons. The molecule has 0 atom stereocenters. The van der Waals surface area contributed by atoms with Crippen LogP contribution >= 0.6 is 27.5 Å². The highest BCUT2D eigenvalue weighted by atomic mass is 79.9. The molecule has 1 fully saturated rings. The third-order valence-electron chi connectivity index (χ3n) is 3.76. The predicted molar refractivity (Wildman–Crippen MR) is 85.8 cm³/mol. The summed E-state index contributed by atoms with van der Waals surface area (Å²) in [5, 5.41) is 0.645. The van der Waals surface area contributed by atoms with Crippen molar-refractivity contribution in [3.8, 4) is 11.4 Å². The quantitative estimate of drug-likeness (QED) is 0.844. The third-order valence-corrected chi connectivity index (χ3v) is 4.90. The summed E-state index contributed by atoms with van der Waals surface area (Å²) >= 11 is 9.76. The van der Waals surface area contributed by atoms with Crippen LogP contribution in [0.1, 0.15) is 37.3 Å². The molecule has 0 bridgehead atoms. The number of benzene rings is 1. The highest BCUT2D eigenvalue weighted by molar-refractivity contribution is 9.10. The number of nitrogen functional groups attached to an aromatic ring is 1. The number of aromatic nitrogens is 2. The van der Waals surface area contributed by atoms with Gasteiger partial charge in [-0.05, 0) is 40.9 Å². The Morgan fingerprint density at radius 2 is 1.85 bits per heavy atom. The number of halogens is 2. The Hall–Kier alpha value is -1.13. The summed E-state index contributed by atoms with van der Waals surface area (Å²) in [5.41, 5.74) is 7.88. The zero-order valence-corrected chi connectivity index (χ0v) is 13.3. The van der Waals surface area contributed by atoms with E-state index < -0.39 is 0 Å². The molecule has 1 saturated carbocycles. The van der Waals surface area contributed by atoms with Crippen LogP contribution in [-0.4, -0.2) is 9.97 Å². The van der Waals surface area contributed by atoms with Crippen LogP contribution in [0, 0.1) is 0 Å². The summed E-state index contributed by atoms with van der Waals surface area (Å²) in [5.74, 6) is 1.56. The van der Waals surface area contributed by atoms with Crippen molar-refractivity contribution in [2.45, 2.75) is 31.6 Å². The van der Waals surface area contributed by atoms with E-state index in [2.05, 4.69) is 20.9 Å². The fourth-order valence-corrected chi connectivity index (χ4v) is 3.44. The highest BCUT2D eigenvalue weighted by Crippen LogP contribution is 2.39. The zero-order chi connectivity index (χ0) is 14.1. The first-order valence-electron chi connectivity index (χ1n) is 6.74. The Labute approximate surface area is 131 Å². The van der Waals surface area contributed by atoms with E-state index in [1.807, 2.05) is 24.3 Å². The van der Waals surface area contributed by atoms with Crippen LogP contribution in [0.5, 0.6) is 0 Å². The van der Waals surface area contributed by atoms with Gasteiger partial charge in [-0.2, -0.15) is 0 Å². The highest BCUT2D eigenvalue weighted by Gasteiger charge is 2.23. The van der Waals surface area contributed by atoms with Crippen molar-refractivity contribution in [2.75, 3.05) is 5.73 Å². The smallest absolute Gasteiger partial charge is 0.163 e. The van der Waals surface area contributed by atoms with Crippen LogP contribution in [0.2, 0.25) is 5.02 Å². The van der Waals surface area contributed by atoms with Gasteiger partial charge >= 0.3 is 0 Å². The van der Waals surface area contributed by atoms with Gasteiger partial charge in [0.15, 0.2) is 5.82 Å². The Morgan fingerprint density at radius 3 is 2.55 bits per heavy atom. The normalized spacial score (nSPS) is 15.7. The van der Waals surface area contributed by atoms with Gasteiger partial charge in [0.2, 0.25) is 0 Å². The molecule has 0 radical (unpaired) electrons. The van der Waals surface area contributed by atoms with E-state index >= 15 is 0 Å². The Morgan fingerprint density at radius 1 is 1.15 bits per heavy atom. The number of hydrogen-bond acceptors (Lipinski definition) is 3. The van der Waals surface area contributed by atoms with Crippen molar-refractivity contribution in [3.05, 3.63) is 39.5 Å². The van der Waals surface area contributed by atoms with Crippen molar-refractivity contribution in [1.82, 2.24) is 9.97 Å². The molecule has 3 nitrogen and oxygen atoms in total. The minimum absolute atomic E-state index is 0.468. The summed E-state index contributed by atoms with van der Waals surface area (Å²) in [4.78, 5) is 9.09. The topological polar surface area (TPSA) is 51.8 Å². The van der Waals surface area contributed by atoms with Gasteiger partial charge in [-0.15, -0.1) is 0 Å². The molecule has 1 aromatic heterocycles. The van der Waals surface area contributed by atoms with Crippen LogP contribution in [0.15, 0.2) is 28.7 Å². The first kappa shape index (κ1) is 13.8. The molecule has 3 rings (SSSR count). The Bertz CT molecular complexity index is 639. The molecule has 1 aromatic carbocycles. The predicted octanol–water partition coefficient (Wildman–Crippen LogP) is 4.80. The summed E-state index contributed by atoms with van der Waals surface area (Å²) in [6.07, 6.45) is 4.83. The molecule has 1 heterocycles. The number of anilines is 1. The van der Waals surface area contributed by atoms with E-state index in [-0.39, 0.29) is 0 Å². The molecule has 0 aliphatic heterocycles. The Kier molecular flexibility index (Phi) is 3.94. The van der Waals surface area contributed by atoms with E-state index in [1.54, 1.807) is 0 Å². The van der Waals surface area contributed by atoms with Gasteiger partial charge in [0.05, 0.1) is 15.2 Å². The molecule has 5 heteroatoms. The lowest BCUT2D eigenvalue weighted by molar-refractivity contribution is 0.691. The lowest BCUT2D eigenvalue weighted by Crippen LogP contribution is -2.06. The molecule has 0 unspecified atom stereocenters. The average molecular weight is 353 g/mol. The summed E-state index contributed by atoms with van der Waals surface area (Å²) in [6, 6.07) is 7.58. The largest absolute Gasteiger partial charge is 0.383 e.